The number of likely N-dealkylation sites (N-methyl/N-ethyl adjacent to an activating group) is 1. The molecule has 0 spiro atoms. The Morgan fingerprint density at radius 3 is 2.67 bits per heavy atom. The number of hydrogen-bond acceptors (Lipinski definition) is 5. The molecule has 1 heterocycles. The zero-order valence-corrected chi connectivity index (χ0v) is 10.0. The summed E-state index contributed by atoms with van der Waals surface area (Å²) in [5.41, 5.74) is 6.83. The molecule has 0 aliphatic rings. The molecule has 1 aromatic heterocycles. The Morgan fingerprint density at radius 1 is 1.39 bits per heavy atom. The van der Waals surface area contributed by atoms with Crippen LogP contribution in [0.1, 0.15) is 10.4 Å². The number of nitrogens with zero attached hydrogens (tertiary/aromatic N) is 5. The molecule has 1 amide bonds. The van der Waals surface area contributed by atoms with E-state index in [4.69, 9.17) is 5.73 Å². The number of amides is 1. The predicted molar refractivity (Wildman–Crippen MR) is 65.2 cm³/mol. The third kappa shape index (κ3) is 2.51. The molecule has 0 saturated heterocycles. The van der Waals surface area contributed by atoms with E-state index in [9.17, 15) is 4.79 Å². The van der Waals surface area contributed by atoms with E-state index in [1.807, 2.05) is 0 Å². The first-order valence-electron chi connectivity index (χ1n) is 5.51. The number of aromatic nitrogens is 4. The van der Waals surface area contributed by atoms with Gasteiger partial charge in [0, 0.05) is 25.7 Å². The van der Waals surface area contributed by atoms with Gasteiger partial charge in [-0.25, -0.2) is 4.68 Å². The number of nitrogens with two attached hydrogens (primary N) is 1. The Labute approximate surface area is 104 Å². The minimum absolute atomic E-state index is 0.0521. The minimum atomic E-state index is -0.0521. The molecule has 0 radical (unpaired) electrons. The van der Waals surface area contributed by atoms with Crippen LogP contribution in [0.25, 0.3) is 5.69 Å². The van der Waals surface area contributed by atoms with Crippen molar-refractivity contribution < 1.29 is 4.79 Å². The van der Waals surface area contributed by atoms with Gasteiger partial charge in [-0.3, -0.25) is 4.79 Å². The van der Waals surface area contributed by atoms with Crippen molar-refractivity contribution in [2.75, 3.05) is 20.1 Å². The van der Waals surface area contributed by atoms with Crippen LogP contribution in [0.4, 0.5) is 0 Å². The highest BCUT2D eigenvalue weighted by atomic mass is 16.2. The topological polar surface area (TPSA) is 89.9 Å². The molecule has 7 heteroatoms. The molecule has 2 rings (SSSR count). The summed E-state index contributed by atoms with van der Waals surface area (Å²) < 4.78 is 1.53. The summed E-state index contributed by atoms with van der Waals surface area (Å²) in [6.07, 6.45) is 1.50. The maximum absolute atomic E-state index is 12.0. The monoisotopic (exact) mass is 246 g/mol. The van der Waals surface area contributed by atoms with Crippen LogP contribution in [-0.2, 0) is 0 Å². The van der Waals surface area contributed by atoms with E-state index in [1.54, 1.807) is 36.2 Å². The average Bonchev–Trinajstić information content (AvgIpc) is 2.92. The molecule has 0 saturated carbocycles. The van der Waals surface area contributed by atoms with Crippen LogP contribution in [0.15, 0.2) is 30.6 Å². The van der Waals surface area contributed by atoms with Crippen molar-refractivity contribution in [1.29, 1.82) is 0 Å². The van der Waals surface area contributed by atoms with Crippen LogP contribution in [0.2, 0.25) is 0 Å². The normalized spacial score (nSPS) is 10.3. The second kappa shape index (κ2) is 5.37. The lowest BCUT2D eigenvalue weighted by molar-refractivity contribution is 0.0799. The molecule has 1 aromatic carbocycles. The molecule has 0 bridgehead atoms. The SMILES string of the molecule is CN(CCN)C(=O)c1ccc(-n2cnnn2)cc1. The number of tetrazole rings is 1. The standard InChI is InChI=1S/C11H14N6O/c1-16(7-6-12)11(18)9-2-4-10(5-3-9)17-8-13-14-15-17/h2-5,8H,6-7,12H2,1H3. The molecule has 18 heavy (non-hydrogen) atoms. The molecular weight excluding hydrogens is 232 g/mol. The fourth-order valence-electron chi connectivity index (χ4n) is 1.55. The Kier molecular flexibility index (Phi) is 3.63. The van der Waals surface area contributed by atoms with Gasteiger partial charge in [-0.05, 0) is 34.7 Å². The Bertz CT molecular complexity index is 507. The third-order valence-corrected chi connectivity index (χ3v) is 2.54. The van der Waals surface area contributed by atoms with Gasteiger partial charge in [0.15, 0.2) is 0 Å². The van der Waals surface area contributed by atoms with Crippen LogP contribution in [-0.4, -0.2) is 51.2 Å². The lowest BCUT2D eigenvalue weighted by Crippen LogP contribution is -2.31. The Balaban J connectivity index is 2.15. The second-order valence-electron chi connectivity index (χ2n) is 3.82. The van der Waals surface area contributed by atoms with Crippen molar-refractivity contribution in [2.45, 2.75) is 0 Å². The van der Waals surface area contributed by atoms with Crippen molar-refractivity contribution in [2.24, 2.45) is 5.73 Å². The quantitative estimate of drug-likeness (QED) is 0.799. The van der Waals surface area contributed by atoms with E-state index in [-0.39, 0.29) is 5.91 Å². The summed E-state index contributed by atoms with van der Waals surface area (Å²) >= 11 is 0. The zero-order chi connectivity index (χ0) is 13.0. The molecular formula is C11H14N6O. The largest absolute Gasteiger partial charge is 0.340 e. The Hall–Kier alpha value is -2.28. The van der Waals surface area contributed by atoms with Gasteiger partial charge in [-0.2, -0.15) is 0 Å². The third-order valence-electron chi connectivity index (χ3n) is 2.54. The van der Waals surface area contributed by atoms with Crippen molar-refractivity contribution in [3.8, 4) is 5.69 Å². The van der Waals surface area contributed by atoms with Gasteiger partial charge in [0.25, 0.3) is 5.91 Å². The number of rotatable bonds is 4. The molecule has 94 valence electrons. The van der Waals surface area contributed by atoms with Gasteiger partial charge < -0.3 is 10.6 Å². The molecule has 0 aliphatic carbocycles. The summed E-state index contributed by atoms with van der Waals surface area (Å²) in [6.45, 7) is 0.985. The lowest BCUT2D eigenvalue weighted by atomic mass is 10.2. The number of carbonyl (C=O) groups excluding carboxylic acids is 1. The van der Waals surface area contributed by atoms with Crippen molar-refractivity contribution in [1.82, 2.24) is 25.1 Å². The Morgan fingerprint density at radius 2 is 2.11 bits per heavy atom. The first-order valence-corrected chi connectivity index (χ1v) is 5.51. The van der Waals surface area contributed by atoms with E-state index in [0.29, 0.717) is 18.7 Å². The molecule has 2 N–H and O–H groups in total. The van der Waals surface area contributed by atoms with Gasteiger partial charge in [0.2, 0.25) is 0 Å². The van der Waals surface area contributed by atoms with Crippen LogP contribution in [0.3, 0.4) is 0 Å². The fraction of sp³-hybridized carbons (Fsp3) is 0.273. The van der Waals surface area contributed by atoms with Crippen molar-refractivity contribution >= 4 is 5.91 Å². The van der Waals surface area contributed by atoms with Gasteiger partial charge >= 0.3 is 0 Å². The van der Waals surface area contributed by atoms with Gasteiger partial charge in [0.05, 0.1) is 5.69 Å². The molecule has 0 fully saturated rings. The van der Waals surface area contributed by atoms with Crippen LogP contribution >= 0.6 is 0 Å². The molecule has 0 aliphatic heterocycles. The highest BCUT2D eigenvalue weighted by molar-refractivity contribution is 5.94. The number of benzene rings is 1. The molecule has 7 nitrogen and oxygen atoms in total. The molecule has 0 atom stereocenters. The van der Waals surface area contributed by atoms with Gasteiger partial charge in [-0.1, -0.05) is 0 Å². The van der Waals surface area contributed by atoms with Gasteiger partial charge in [0.1, 0.15) is 6.33 Å². The van der Waals surface area contributed by atoms with Crippen LogP contribution < -0.4 is 5.73 Å². The van der Waals surface area contributed by atoms with Crippen molar-refractivity contribution in [3.05, 3.63) is 36.2 Å². The van der Waals surface area contributed by atoms with E-state index in [0.717, 1.165) is 5.69 Å². The first kappa shape index (κ1) is 12.2. The number of carbonyl (C=O) groups is 1. The zero-order valence-electron chi connectivity index (χ0n) is 10.0. The van der Waals surface area contributed by atoms with Gasteiger partial charge in [-0.15, -0.1) is 5.10 Å². The van der Waals surface area contributed by atoms with E-state index >= 15 is 0 Å². The smallest absolute Gasteiger partial charge is 0.253 e. The summed E-state index contributed by atoms with van der Waals surface area (Å²) in [5, 5.41) is 10.9. The first-order chi connectivity index (χ1) is 8.72. The minimum Gasteiger partial charge on any atom is -0.340 e. The predicted octanol–water partition coefficient (Wildman–Crippen LogP) is -0.307. The summed E-state index contributed by atoms with van der Waals surface area (Å²) in [7, 11) is 1.73. The van der Waals surface area contributed by atoms with E-state index in [2.05, 4.69) is 15.5 Å². The van der Waals surface area contributed by atoms with E-state index < -0.39 is 0 Å². The summed E-state index contributed by atoms with van der Waals surface area (Å²) in [4.78, 5) is 13.5. The second-order valence-corrected chi connectivity index (χ2v) is 3.82. The lowest BCUT2D eigenvalue weighted by Gasteiger charge is -2.15. The van der Waals surface area contributed by atoms with E-state index in [1.165, 1.54) is 11.0 Å². The van der Waals surface area contributed by atoms with Crippen LogP contribution in [0.5, 0.6) is 0 Å². The highest BCUT2D eigenvalue weighted by Crippen LogP contribution is 2.09. The summed E-state index contributed by atoms with van der Waals surface area (Å²) in [5.74, 6) is -0.0521. The van der Waals surface area contributed by atoms with Crippen molar-refractivity contribution in [3.63, 3.8) is 0 Å². The highest BCUT2D eigenvalue weighted by Gasteiger charge is 2.10. The maximum atomic E-state index is 12.0. The molecule has 2 aromatic rings. The molecule has 0 unspecified atom stereocenters. The maximum Gasteiger partial charge on any atom is 0.253 e. The fourth-order valence-corrected chi connectivity index (χ4v) is 1.55. The average molecular weight is 246 g/mol. The summed E-state index contributed by atoms with van der Waals surface area (Å²) in [6, 6.07) is 7.07. The number of hydrogen-bond donors (Lipinski definition) is 1. The van der Waals surface area contributed by atoms with Crippen LogP contribution in [0, 0.1) is 0 Å².